The van der Waals surface area contributed by atoms with Crippen molar-refractivity contribution in [3.05, 3.63) is 65.4 Å². The number of hydrogen-bond acceptors (Lipinski definition) is 7. The number of ether oxygens (including phenoxy) is 1. The molecule has 8 heteroatoms. The van der Waals surface area contributed by atoms with Gasteiger partial charge in [0.1, 0.15) is 15.6 Å². The molecule has 0 saturated carbocycles. The molecule has 142 valence electrons. The molecule has 1 N–H and O–H groups in total. The highest BCUT2D eigenvalue weighted by molar-refractivity contribution is 7.26. The number of fused-ring (bicyclic) bond motifs is 1. The number of carbonyl (C=O) groups is 2. The van der Waals surface area contributed by atoms with Crippen LogP contribution in [0.25, 0.3) is 20.1 Å². The Hall–Kier alpha value is -2.97. The van der Waals surface area contributed by atoms with Gasteiger partial charge in [0.05, 0.1) is 27.4 Å². The largest absolute Gasteiger partial charge is 0.467 e. The highest BCUT2D eigenvalue weighted by Gasteiger charge is 2.17. The third kappa shape index (κ3) is 3.97. The normalized spacial score (nSPS) is 12.0. The van der Waals surface area contributed by atoms with Crippen molar-refractivity contribution in [1.29, 1.82) is 0 Å². The second-order valence-corrected chi connectivity index (χ2v) is 8.15. The number of hydrogen-bond donors (Lipinski definition) is 1. The molecular formula is C20H16N2O4S2. The Morgan fingerprint density at radius 3 is 2.79 bits per heavy atom. The number of nitrogens with zero attached hydrogens (tertiary/aromatic N) is 1. The van der Waals surface area contributed by atoms with Crippen LogP contribution in [0.5, 0.6) is 0 Å². The number of para-hydroxylation sites is 1. The molecule has 0 fully saturated rings. The van der Waals surface area contributed by atoms with Crippen molar-refractivity contribution in [2.75, 3.05) is 6.61 Å². The molecule has 1 aromatic carbocycles. The third-order valence-corrected chi connectivity index (χ3v) is 6.26. The molecule has 0 radical (unpaired) electrons. The first-order valence-electron chi connectivity index (χ1n) is 8.56. The number of carbonyl (C=O) groups excluding carboxylic acids is 2. The molecule has 0 saturated heterocycles. The topological polar surface area (TPSA) is 81.4 Å². The van der Waals surface area contributed by atoms with Crippen LogP contribution in [0, 0.1) is 0 Å². The van der Waals surface area contributed by atoms with E-state index in [1.54, 1.807) is 36.5 Å². The summed E-state index contributed by atoms with van der Waals surface area (Å²) in [7, 11) is 0. The fraction of sp³-hybridized carbons (Fsp3) is 0.150. The Morgan fingerprint density at radius 2 is 2.00 bits per heavy atom. The smallest absolute Gasteiger partial charge is 0.348 e. The van der Waals surface area contributed by atoms with E-state index in [1.807, 2.05) is 30.3 Å². The Balaban J connectivity index is 1.36. The SMILES string of the molecule is C[C@@H](NC(=O)COC(=O)c1ccc(-c2nc3ccccc3s2)s1)c1ccco1. The van der Waals surface area contributed by atoms with Crippen molar-refractivity contribution in [3.63, 3.8) is 0 Å². The first-order valence-corrected chi connectivity index (χ1v) is 10.2. The number of thiazole rings is 1. The molecule has 28 heavy (non-hydrogen) atoms. The molecule has 1 atom stereocenters. The van der Waals surface area contributed by atoms with Crippen LogP contribution < -0.4 is 5.32 Å². The summed E-state index contributed by atoms with van der Waals surface area (Å²) < 4.78 is 11.5. The van der Waals surface area contributed by atoms with Crippen LogP contribution >= 0.6 is 22.7 Å². The summed E-state index contributed by atoms with van der Waals surface area (Å²) in [5, 5.41) is 3.58. The van der Waals surface area contributed by atoms with E-state index in [0.717, 1.165) is 20.1 Å². The molecule has 0 aliphatic heterocycles. The zero-order valence-electron chi connectivity index (χ0n) is 14.9. The number of aromatic nitrogens is 1. The van der Waals surface area contributed by atoms with Gasteiger partial charge >= 0.3 is 5.97 Å². The van der Waals surface area contributed by atoms with Gasteiger partial charge in [-0.25, -0.2) is 9.78 Å². The second kappa shape index (κ2) is 7.95. The third-order valence-electron chi connectivity index (χ3n) is 3.99. The Kier molecular flexibility index (Phi) is 5.23. The van der Waals surface area contributed by atoms with Gasteiger partial charge in [0.25, 0.3) is 5.91 Å². The predicted molar refractivity (Wildman–Crippen MR) is 108 cm³/mol. The van der Waals surface area contributed by atoms with Crippen LogP contribution in [0.1, 0.15) is 28.4 Å². The molecule has 1 amide bonds. The minimum atomic E-state index is -0.529. The maximum Gasteiger partial charge on any atom is 0.348 e. The van der Waals surface area contributed by atoms with Gasteiger partial charge in [-0.2, -0.15) is 0 Å². The van der Waals surface area contributed by atoms with Crippen molar-refractivity contribution in [2.45, 2.75) is 13.0 Å². The lowest BCUT2D eigenvalue weighted by molar-refractivity contribution is -0.125. The van der Waals surface area contributed by atoms with Gasteiger partial charge in [-0.05, 0) is 43.3 Å². The van der Waals surface area contributed by atoms with Gasteiger partial charge in [-0.1, -0.05) is 12.1 Å². The lowest BCUT2D eigenvalue weighted by Crippen LogP contribution is -2.30. The second-order valence-electron chi connectivity index (χ2n) is 6.03. The Labute approximate surface area is 168 Å². The van der Waals surface area contributed by atoms with E-state index in [9.17, 15) is 9.59 Å². The highest BCUT2D eigenvalue weighted by Crippen LogP contribution is 2.34. The highest BCUT2D eigenvalue weighted by atomic mass is 32.1. The number of rotatable bonds is 6. The lowest BCUT2D eigenvalue weighted by atomic mass is 10.2. The van der Waals surface area contributed by atoms with Crippen molar-refractivity contribution in [2.24, 2.45) is 0 Å². The molecule has 0 aliphatic carbocycles. The van der Waals surface area contributed by atoms with Crippen LogP contribution in [0.15, 0.2) is 59.2 Å². The van der Waals surface area contributed by atoms with Crippen molar-refractivity contribution in [1.82, 2.24) is 10.3 Å². The first kappa shape index (κ1) is 18.4. The van der Waals surface area contributed by atoms with Gasteiger partial charge in [-0.3, -0.25) is 4.79 Å². The van der Waals surface area contributed by atoms with Crippen molar-refractivity contribution >= 4 is 44.8 Å². The molecule has 6 nitrogen and oxygen atoms in total. The zero-order valence-corrected chi connectivity index (χ0v) is 16.5. The maximum atomic E-state index is 12.3. The zero-order chi connectivity index (χ0) is 19.5. The number of thiophene rings is 1. The molecule has 0 unspecified atom stereocenters. The van der Waals surface area contributed by atoms with Crippen LogP contribution in [-0.2, 0) is 9.53 Å². The quantitative estimate of drug-likeness (QED) is 0.466. The summed E-state index contributed by atoms with van der Waals surface area (Å²) in [6.45, 7) is 1.44. The van der Waals surface area contributed by atoms with E-state index in [2.05, 4.69) is 10.3 Å². The molecular weight excluding hydrogens is 396 g/mol. The van der Waals surface area contributed by atoms with Crippen molar-refractivity contribution < 1.29 is 18.7 Å². The predicted octanol–water partition coefficient (Wildman–Crippen LogP) is 4.65. The molecule has 4 aromatic rings. The number of furan rings is 1. The monoisotopic (exact) mass is 412 g/mol. The summed E-state index contributed by atoms with van der Waals surface area (Å²) >= 11 is 2.87. The van der Waals surface area contributed by atoms with Crippen LogP contribution in [-0.4, -0.2) is 23.5 Å². The molecule has 3 heterocycles. The number of amides is 1. The van der Waals surface area contributed by atoms with Gasteiger partial charge < -0.3 is 14.5 Å². The summed E-state index contributed by atoms with van der Waals surface area (Å²) in [5.41, 5.74) is 0.933. The summed E-state index contributed by atoms with van der Waals surface area (Å²) in [6.07, 6.45) is 1.54. The summed E-state index contributed by atoms with van der Waals surface area (Å²) in [4.78, 5) is 30.1. The van der Waals surface area contributed by atoms with E-state index in [-0.39, 0.29) is 18.6 Å². The van der Waals surface area contributed by atoms with E-state index in [0.29, 0.717) is 10.6 Å². The van der Waals surface area contributed by atoms with Gasteiger partial charge in [-0.15, -0.1) is 22.7 Å². The first-order chi connectivity index (χ1) is 13.6. The number of benzene rings is 1. The van der Waals surface area contributed by atoms with Crippen molar-refractivity contribution in [3.8, 4) is 9.88 Å². The molecule has 0 spiro atoms. The molecule has 4 rings (SSSR count). The average molecular weight is 412 g/mol. The van der Waals surface area contributed by atoms with Crippen LogP contribution in [0.4, 0.5) is 0 Å². The van der Waals surface area contributed by atoms with E-state index < -0.39 is 5.97 Å². The minimum absolute atomic E-state index is 0.298. The maximum absolute atomic E-state index is 12.3. The molecule has 3 aromatic heterocycles. The van der Waals surface area contributed by atoms with E-state index in [4.69, 9.17) is 9.15 Å². The van der Waals surface area contributed by atoms with Gasteiger partial charge in [0, 0.05) is 0 Å². The Morgan fingerprint density at radius 1 is 1.14 bits per heavy atom. The Bertz CT molecular complexity index is 1080. The standard InChI is InChI=1S/C20H16N2O4S2/c1-12(14-6-4-10-25-14)21-18(23)11-26-20(24)17-9-8-16(27-17)19-22-13-5-2-3-7-15(13)28-19/h2-10,12H,11H2,1H3,(H,21,23)/t12-/m1/s1. The number of nitrogens with one attached hydrogen (secondary N) is 1. The fourth-order valence-electron chi connectivity index (χ4n) is 2.63. The van der Waals surface area contributed by atoms with Gasteiger partial charge in [0.15, 0.2) is 6.61 Å². The molecule has 0 bridgehead atoms. The molecule has 0 aliphatic rings. The summed E-state index contributed by atoms with van der Waals surface area (Å²) in [5.74, 6) is -0.281. The average Bonchev–Trinajstić information content (AvgIpc) is 3.45. The number of esters is 1. The fourth-order valence-corrected chi connectivity index (χ4v) is 4.55. The minimum Gasteiger partial charge on any atom is -0.467 e. The van der Waals surface area contributed by atoms with E-state index >= 15 is 0 Å². The lowest BCUT2D eigenvalue weighted by Gasteiger charge is -2.11. The van der Waals surface area contributed by atoms with E-state index in [1.165, 1.54) is 17.6 Å². The van der Waals surface area contributed by atoms with Gasteiger partial charge in [0.2, 0.25) is 0 Å². The van der Waals surface area contributed by atoms with Crippen LogP contribution in [0.3, 0.4) is 0 Å². The van der Waals surface area contributed by atoms with Crippen LogP contribution in [0.2, 0.25) is 0 Å². The summed E-state index contributed by atoms with van der Waals surface area (Å²) in [6, 6.07) is 14.6.